The van der Waals surface area contributed by atoms with Gasteiger partial charge in [-0.15, -0.1) is 0 Å². The van der Waals surface area contributed by atoms with Crippen molar-refractivity contribution in [2.75, 3.05) is 7.05 Å². The van der Waals surface area contributed by atoms with Gasteiger partial charge in [0.15, 0.2) is 0 Å². The number of hydrogen-bond donors (Lipinski definition) is 1. The number of nitrogens with zero attached hydrogens (tertiary/aromatic N) is 2. The highest BCUT2D eigenvalue weighted by molar-refractivity contribution is 6.06. The minimum Gasteiger partial charge on any atom is -0.354 e. The molecule has 2 heterocycles. The van der Waals surface area contributed by atoms with Crippen molar-refractivity contribution >= 4 is 16.8 Å². The number of carbonyl (C=O) groups is 1. The Balaban J connectivity index is 1.80. The van der Waals surface area contributed by atoms with Gasteiger partial charge in [-0.1, -0.05) is 18.2 Å². The van der Waals surface area contributed by atoms with E-state index in [2.05, 4.69) is 30.1 Å². The van der Waals surface area contributed by atoms with E-state index in [1.807, 2.05) is 31.9 Å². The molecule has 1 amide bonds. The van der Waals surface area contributed by atoms with E-state index in [0.717, 1.165) is 25.0 Å². The second-order valence-electron chi connectivity index (χ2n) is 7.84. The number of rotatable bonds is 3. The fourth-order valence-electron chi connectivity index (χ4n) is 4.54. The Bertz CT molecular complexity index is 1120. The van der Waals surface area contributed by atoms with E-state index in [9.17, 15) is 9.59 Å². The first-order valence-corrected chi connectivity index (χ1v) is 10.0. The van der Waals surface area contributed by atoms with E-state index in [0.29, 0.717) is 23.0 Å². The minimum absolute atomic E-state index is 0.0365. The molecule has 0 aliphatic heterocycles. The van der Waals surface area contributed by atoms with Crippen LogP contribution in [-0.4, -0.2) is 27.4 Å². The van der Waals surface area contributed by atoms with Gasteiger partial charge in [0.05, 0.1) is 11.6 Å². The molecule has 1 aliphatic rings. The number of hydrogen-bond acceptors (Lipinski definition) is 2. The highest BCUT2D eigenvalue weighted by Crippen LogP contribution is 2.36. The molecule has 0 saturated heterocycles. The van der Waals surface area contributed by atoms with E-state index in [1.54, 1.807) is 10.8 Å². The second-order valence-corrected chi connectivity index (χ2v) is 7.84. The normalized spacial score (nSPS) is 16.2. The first kappa shape index (κ1) is 18.5. The van der Waals surface area contributed by atoms with Gasteiger partial charge in [-0.25, -0.2) is 0 Å². The number of aromatic amines is 1. The Morgan fingerprint density at radius 2 is 2.11 bits per heavy atom. The zero-order chi connectivity index (χ0) is 20.0. The summed E-state index contributed by atoms with van der Waals surface area (Å²) >= 11 is 0. The highest BCUT2D eigenvalue weighted by atomic mass is 16.2. The van der Waals surface area contributed by atoms with Crippen LogP contribution in [0.5, 0.6) is 0 Å². The Morgan fingerprint density at radius 1 is 1.32 bits per heavy atom. The fraction of sp³-hybridized carbons (Fsp3) is 0.391. The third kappa shape index (κ3) is 2.86. The van der Waals surface area contributed by atoms with Gasteiger partial charge in [0.1, 0.15) is 5.52 Å². The SMILES string of the molecule is CCn1cc(C(=O)N(C)C2CCCc3c(C)cccc32)c2cc(C)[nH]c2c1=O. The molecular formula is C23H27N3O2. The van der Waals surface area contributed by atoms with Crippen LogP contribution in [0.1, 0.15) is 58.5 Å². The van der Waals surface area contributed by atoms with Crippen molar-refractivity contribution in [3.8, 4) is 0 Å². The number of amides is 1. The Morgan fingerprint density at radius 3 is 2.86 bits per heavy atom. The molecule has 1 aromatic carbocycles. The molecule has 0 spiro atoms. The molecule has 1 unspecified atom stereocenters. The average Bonchev–Trinajstić information content (AvgIpc) is 3.09. The summed E-state index contributed by atoms with van der Waals surface area (Å²) in [5.41, 5.74) is 5.83. The first-order valence-electron chi connectivity index (χ1n) is 10.0. The molecule has 0 radical (unpaired) electrons. The maximum Gasteiger partial charge on any atom is 0.274 e. The van der Waals surface area contributed by atoms with E-state index >= 15 is 0 Å². The van der Waals surface area contributed by atoms with Gasteiger partial charge >= 0.3 is 0 Å². The lowest BCUT2D eigenvalue weighted by atomic mass is 9.84. The summed E-state index contributed by atoms with van der Waals surface area (Å²) < 4.78 is 1.61. The van der Waals surface area contributed by atoms with Crippen molar-refractivity contribution in [2.24, 2.45) is 0 Å². The van der Waals surface area contributed by atoms with Gasteiger partial charge < -0.3 is 14.5 Å². The molecule has 3 aromatic rings. The van der Waals surface area contributed by atoms with Crippen LogP contribution in [0.2, 0.25) is 0 Å². The molecular weight excluding hydrogens is 350 g/mol. The van der Waals surface area contributed by atoms with Crippen molar-refractivity contribution in [3.05, 3.63) is 68.8 Å². The van der Waals surface area contributed by atoms with Crippen LogP contribution >= 0.6 is 0 Å². The third-order valence-corrected chi connectivity index (χ3v) is 6.07. The maximum absolute atomic E-state index is 13.5. The van der Waals surface area contributed by atoms with Crippen LogP contribution in [0.3, 0.4) is 0 Å². The van der Waals surface area contributed by atoms with Crippen LogP contribution < -0.4 is 5.56 Å². The molecule has 5 nitrogen and oxygen atoms in total. The summed E-state index contributed by atoms with van der Waals surface area (Å²) in [7, 11) is 1.89. The van der Waals surface area contributed by atoms with Gasteiger partial charge in [0, 0.05) is 30.9 Å². The number of pyridine rings is 1. The van der Waals surface area contributed by atoms with Crippen LogP contribution in [0.25, 0.3) is 10.9 Å². The van der Waals surface area contributed by atoms with Gasteiger partial charge in [-0.3, -0.25) is 9.59 Å². The quantitative estimate of drug-likeness (QED) is 0.746. The third-order valence-electron chi connectivity index (χ3n) is 6.07. The number of benzene rings is 1. The largest absolute Gasteiger partial charge is 0.354 e. The summed E-state index contributed by atoms with van der Waals surface area (Å²) in [5, 5.41) is 0.712. The molecule has 1 N–H and O–H groups in total. The number of aromatic nitrogens is 2. The second kappa shape index (κ2) is 6.97. The van der Waals surface area contributed by atoms with E-state index in [1.165, 1.54) is 16.7 Å². The molecule has 28 heavy (non-hydrogen) atoms. The van der Waals surface area contributed by atoms with Crippen molar-refractivity contribution in [2.45, 2.75) is 52.6 Å². The molecule has 1 aliphatic carbocycles. The lowest BCUT2D eigenvalue weighted by Crippen LogP contribution is -2.34. The predicted octanol–water partition coefficient (Wildman–Crippen LogP) is 4.12. The zero-order valence-electron chi connectivity index (χ0n) is 17.0. The molecule has 1 atom stereocenters. The van der Waals surface area contributed by atoms with Crippen molar-refractivity contribution < 1.29 is 4.79 Å². The Labute approximate surface area is 165 Å². The zero-order valence-corrected chi connectivity index (χ0v) is 17.0. The topological polar surface area (TPSA) is 58.1 Å². The van der Waals surface area contributed by atoms with E-state index < -0.39 is 0 Å². The molecule has 0 fully saturated rings. The first-order chi connectivity index (χ1) is 13.4. The maximum atomic E-state index is 13.5. The molecule has 0 bridgehead atoms. The molecule has 4 rings (SSSR count). The molecule has 146 valence electrons. The molecule has 2 aromatic heterocycles. The molecule has 0 saturated carbocycles. The number of fused-ring (bicyclic) bond motifs is 2. The number of aryl methyl sites for hydroxylation is 3. The van der Waals surface area contributed by atoms with E-state index in [4.69, 9.17) is 0 Å². The van der Waals surface area contributed by atoms with Gasteiger partial charge in [0.2, 0.25) is 0 Å². The van der Waals surface area contributed by atoms with Crippen LogP contribution in [0, 0.1) is 13.8 Å². The van der Waals surface area contributed by atoms with Gasteiger partial charge in [0.25, 0.3) is 11.5 Å². The number of H-pyrrole nitrogens is 1. The summed E-state index contributed by atoms with van der Waals surface area (Å²) in [6.07, 6.45) is 4.83. The summed E-state index contributed by atoms with van der Waals surface area (Å²) in [5.74, 6) is -0.0365. The van der Waals surface area contributed by atoms with Gasteiger partial charge in [-0.05, 0) is 62.8 Å². The fourth-order valence-corrected chi connectivity index (χ4v) is 4.54. The van der Waals surface area contributed by atoms with E-state index in [-0.39, 0.29) is 17.5 Å². The lowest BCUT2D eigenvalue weighted by molar-refractivity contribution is 0.0716. The molecule has 5 heteroatoms. The van der Waals surface area contributed by atoms with Crippen molar-refractivity contribution in [1.29, 1.82) is 0 Å². The van der Waals surface area contributed by atoms with Crippen LogP contribution in [-0.2, 0) is 13.0 Å². The number of nitrogens with one attached hydrogen (secondary N) is 1. The van der Waals surface area contributed by atoms with Crippen molar-refractivity contribution in [1.82, 2.24) is 14.5 Å². The summed E-state index contributed by atoms with van der Waals surface area (Å²) in [6.45, 7) is 6.50. The summed E-state index contributed by atoms with van der Waals surface area (Å²) in [6, 6.07) is 8.34. The Hall–Kier alpha value is -2.82. The predicted molar refractivity (Wildman–Crippen MR) is 112 cm³/mol. The lowest BCUT2D eigenvalue weighted by Gasteiger charge is -2.34. The minimum atomic E-state index is -0.0801. The van der Waals surface area contributed by atoms with Crippen molar-refractivity contribution in [3.63, 3.8) is 0 Å². The Kier molecular flexibility index (Phi) is 4.61. The van der Waals surface area contributed by atoms with Gasteiger partial charge in [-0.2, -0.15) is 0 Å². The van der Waals surface area contributed by atoms with Crippen LogP contribution in [0.4, 0.5) is 0 Å². The summed E-state index contributed by atoms with van der Waals surface area (Å²) in [4.78, 5) is 31.2. The average molecular weight is 377 g/mol. The standard InChI is InChI=1S/C23H27N3O2/c1-5-26-13-19(18-12-15(3)24-21(18)23(26)28)22(27)25(4)20-11-7-9-16-14(2)8-6-10-17(16)20/h6,8,10,12-13,20,24H,5,7,9,11H2,1-4H3. The number of carbonyl (C=O) groups excluding carboxylic acids is 1. The smallest absolute Gasteiger partial charge is 0.274 e. The van der Waals surface area contributed by atoms with Crippen LogP contribution in [0.15, 0.2) is 35.3 Å². The monoisotopic (exact) mass is 377 g/mol. The highest BCUT2D eigenvalue weighted by Gasteiger charge is 2.29.